The average molecular weight is 585 g/mol. The highest BCUT2D eigenvalue weighted by molar-refractivity contribution is 7.92. The summed E-state index contributed by atoms with van der Waals surface area (Å²) in [5, 5.41) is -0.0953. The lowest BCUT2D eigenvalue weighted by molar-refractivity contribution is -0.191. The van der Waals surface area contributed by atoms with E-state index >= 15 is 0 Å². The average Bonchev–Trinajstić information content (AvgIpc) is 2.89. The molecule has 1 fully saturated rings. The molecule has 1 aliphatic rings. The molecule has 1 aliphatic heterocycles. The van der Waals surface area contributed by atoms with E-state index in [4.69, 9.17) is 25.9 Å². The van der Waals surface area contributed by atoms with Crippen LogP contribution in [0.5, 0.6) is 5.75 Å². The summed E-state index contributed by atoms with van der Waals surface area (Å²) in [7, 11) is -2.95. The lowest BCUT2D eigenvalue weighted by atomic mass is 9.99. The van der Waals surface area contributed by atoms with Crippen molar-refractivity contribution >= 4 is 39.4 Å². The van der Waals surface area contributed by atoms with Crippen molar-refractivity contribution in [2.75, 3.05) is 29.8 Å². The van der Waals surface area contributed by atoms with Crippen LogP contribution in [0.15, 0.2) is 53.6 Å². The number of sulfonamides is 1. The number of carbonyl (C=O) groups excluding carboxylic acids is 2. The van der Waals surface area contributed by atoms with Gasteiger partial charge in [0.25, 0.3) is 10.0 Å². The fourth-order valence-corrected chi connectivity index (χ4v) is 5.11. The molecule has 3 aromatic rings. The van der Waals surface area contributed by atoms with Crippen LogP contribution < -0.4 is 14.4 Å². The highest BCUT2D eigenvalue weighted by atomic mass is 35.5. The fraction of sp³-hybridized carbons (Fsp3) is 0.320. The van der Waals surface area contributed by atoms with Crippen molar-refractivity contribution in [1.82, 2.24) is 9.97 Å². The van der Waals surface area contributed by atoms with Crippen LogP contribution in [0.3, 0.4) is 0 Å². The van der Waals surface area contributed by atoms with E-state index in [9.17, 15) is 21.6 Å². The van der Waals surface area contributed by atoms with Crippen LogP contribution in [0.1, 0.15) is 25.3 Å². The molecule has 1 saturated heterocycles. The molecule has 0 amide bonds. The third-order valence-electron chi connectivity index (χ3n) is 5.95. The summed E-state index contributed by atoms with van der Waals surface area (Å²) in [5.74, 6) is 0.907. The Morgan fingerprint density at radius 2 is 1.74 bits per heavy atom. The van der Waals surface area contributed by atoms with Crippen molar-refractivity contribution < 1.29 is 35.9 Å². The number of pyridine rings is 2. The Morgan fingerprint density at radius 1 is 1.08 bits per heavy atom. The Labute approximate surface area is 228 Å². The second-order valence-corrected chi connectivity index (χ2v) is 10.7. The van der Waals surface area contributed by atoms with Gasteiger partial charge in [0, 0.05) is 23.7 Å². The fourth-order valence-electron chi connectivity index (χ4n) is 3.97. The molecule has 208 valence electrons. The summed E-state index contributed by atoms with van der Waals surface area (Å²) in [4.78, 5) is 26.6. The number of hydrogen-bond acceptors (Lipinski definition) is 8. The number of rotatable bonds is 6. The molecule has 3 heterocycles. The van der Waals surface area contributed by atoms with Gasteiger partial charge in [0.15, 0.2) is 5.03 Å². The van der Waals surface area contributed by atoms with Crippen LogP contribution in [0.25, 0.3) is 11.3 Å². The number of benzene rings is 1. The molecule has 0 bridgehead atoms. The molecule has 0 radical (unpaired) electrons. The van der Waals surface area contributed by atoms with Crippen molar-refractivity contribution in [3.63, 3.8) is 0 Å². The zero-order valence-corrected chi connectivity index (χ0v) is 22.4. The van der Waals surface area contributed by atoms with E-state index in [1.54, 1.807) is 12.1 Å². The zero-order valence-electron chi connectivity index (χ0n) is 20.8. The van der Waals surface area contributed by atoms with Crippen LogP contribution in [0.4, 0.5) is 24.8 Å². The van der Waals surface area contributed by atoms with E-state index in [2.05, 4.69) is 21.6 Å². The number of halogens is 4. The molecule has 14 heteroatoms. The molecular weight excluding hydrogens is 561 g/mol. The maximum absolute atomic E-state index is 13.8. The van der Waals surface area contributed by atoms with Crippen molar-refractivity contribution in [2.24, 2.45) is 5.92 Å². The maximum Gasteiger partial charge on any atom is 0.418 e. The predicted molar refractivity (Wildman–Crippen MR) is 137 cm³/mol. The smallest absolute Gasteiger partial charge is 0.418 e. The molecule has 9 nitrogen and oxygen atoms in total. The standard InChI is InChI=1S/C24H24ClF3N4O3S.CO2/c1-15-10-12-32(13-11-15)21-4-3-5-22(30-21)36(33,34)31-20-9-7-18(24(26,27)28)23(29-20)17-14-16(25)6-8-19(17)35-2;2-1-3/h3-9,14-15H,10-13H2,1-2H3,(H,29,31);. The van der Waals surface area contributed by atoms with E-state index in [1.165, 1.54) is 31.4 Å². The van der Waals surface area contributed by atoms with E-state index in [0.29, 0.717) is 11.7 Å². The van der Waals surface area contributed by atoms with Gasteiger partial charge in [-0.1, -0.05) is 24.6 Å². The number of aromatic nitrogens is 2. The first-order valence-corrected chi connectivity index (χ1v) is 13.4. The maximum atomic E-state index is 13.8. The second-order valence-electron chi connectivity index (χ2n) is 8.63. The molecule has 0 spiro atoms. The molecule has 0 unspecified atom stereocenters. The van der Waals surface area contributed by atoms with Crippen molar-refractivity contribution in [3.8, 4) is 17.0 Å². The highest BCUT2D eigenvalue weighted by Crippen LogP contribution is 2.41. The quantitative estimate of drug-likeness (QED) is 0.416. The minimum Gasteiger partial charge on any atom is -0.496 e. The first kappa shape index (κ1) is 29.9. The van der Waals surface area contributed by atoms with Crippen LogP contribution >= 0.6 is 11.6 Å². The monoisotopic (exact) mass is 584 g/mol. The lowest BCUT2D eigenvalue weighted by Gasteiger charge is -2.31. The van der Waals surface area contributed by atoms with Gasteiger partial charge in [0.2, 0.25) is 0 Å². The first-order chi connectivity index (χ1) is 18.4. The van der Waals surface area contributed by atoms with Gasteiger partial charge in [0.1, 0.15) is 17.4 Å². The van der Waals surface area contributed by atoms with Crippen LogP contribution in [-0.4, -0.2) is 44.7 Å². The third kappa shape index (κ3) is 7.47. The van der Waals surface area contributed by atoms with Gasteiger partial charge in [-0.15, -0.1) is 0 Å². The van der Waals surface area contributed by atoms with Crippen molar-refractivity contribution in [1.29, 1.82) is 0 Å². The van der Waals surface area contributed by atoms with Crippen LogP contribution in [-0.2, 0) is 25.8 Å². The Morgan fingerprint density at radius 3 is 2.36 bits per heavy atom. The Hall–Kier alpha value is -3.67. The SMILES string of the molecule is COc1ccc(Cl)cc1-c1nc(NS(=O)(=O)c2cccc(N3CCC(C)CC3)n2)ccc1C(F)(F)F.O=C=O. The molecule has 39 heavy (non-hydrogen) atoms. The highest BCUT2D eigenvalue weighted by Gasteiger charge is 2.36. The molecule has 4 rings (SSSR count). The largest absolute Gasteiger partial charge is 0.496 e. The molecule has 1 N–H and O–H groups in total. The number of nitrogens with zero attached hydrogens (tertiary/aromatic N) is 3. The summed E-state index contributed by atoms with van der Waals surface area (Å²) in [6, 6.07) is 10.5. The Balaban J connectivity index is 0.00000134. The lowest BCUT2D eigenvalue weighted by Crippen LogP contribution is -2.33. The van der Waals surface area contributed by atoms with E-state index in [0.717, 1.165) is 38.1 Å². The van der Waals surface area contributed by atoms with Gasteiger partial charge in [-0.25, -0.2) is 9.97 Å². The van der Waals surface area contributed by atoms with Gasteiger partial charge < -0.3 is 9.64 Å². The third-order valence-corrected chi connectivity index (χ3v) is 7.44. The van der Waals surface area contributed by atoms with Gasteiger partial charge in [0.05, 0.1) is 18.4 Å². The number of anilines is 2. The minimum absolute atomic E-state index is 0.0298. The number of piperidine rings is 1. The van der Waals surface area contributed by atoms with Crippen LogP contribution in [0, 0.1) is 5.92 Å². The normalized spacial score (nSPS) is 14.2. The number of methoxy groups -OCH3 is 1. The van der Waals surface area contributed by atoms with E-state index in [1.807, 2.05) is 4.90 Å². The Kier molecular flexibility index (Phi) is 9.54. The topological polar surface area (TPSA) is 119 Å². The molecule has 2 aromatic heterocycles. The molecule has 0 saturated carbocycles. The van der Waals surface area contributed by atoms with Gasteiger partial charge >= 0.3 is 12.3 Å². The minimum atomic E-state index is -4.76. The number of nitrogens with one attached hydrogen (secondary N) is 1. The van der Waals surface area contributed by atoms with Crippen molar-refractivity contribution in [3.05, 3.63) is 59.1 Å². The number of alkyl halides is 3. The van der Waals surface area contributed by atoms with Gasteiger partial charge in [-0.3, -0.25) is 4.72 Å². The summed E-state index contributed by atoms with van der Waals surface area (Å²) in [6.07, 6.45) is -2.56. The first-order valence-electron chi connectivity index (χ1n) is 11.6. The van der Waals surface area contributed by atoms with Crippen molar-refractivity contribution in [2.45, 2.75) is 31.0 Å². The van der Waals surface area contributed by atoms with E-state index < -0.39 is 27.5 Å². The number of hydrogen-bond donors (Lipinski definition) is 1. The second kappa shape index (κ2) is 12.5. The molecule has 1 aromatic carbocycles. The molecular formula is C25H24ClF3N4O5S. The molecule has 0 atom stereocenters. The summed E-state index contributed by atoms with van der Waals surface area (Å²) in [6.45, 7) is 3.69. The summed E-state index contributed by atoms with van der Waals surface area (Å²) >= 11 is 6.02. The molecule has 0 aliphatic carbocycles. The Bertz CT molecular complexity index is 1460. The number of ether oxygens (including phenoxy) is 1. The van der Waals surface area contributed by atoms with Gasteiger partial charge in [-0.05, 0) is 61.2 Å². The van der Waals surface area contributed by atoms with Gasteiger partial charge in [-0.2, -0.15) is 31.2 Å². The summed E-state index contributed by atoms with van der Waals surface area (Å²) < 4.78 is 75.0. The predicted octanol–water partition coefficient (Wildman–Crippen LogP) is 5.28. The summed E-state index contributed by atoms with van der Waals surface area (Å²) in [5.41, 5.74) is -1.62. The van der Waals surface area contributed by atoms with E-state index in [-0.39, 0.29) is 33.3 Å². The zero-order chi connectivity index (χ0) is 28.8. The van der Waals surface area contributed by atoms with Crippen LogP contribution in [0.2, 0.25) is 5.02 Å².